The number of aromatic nitrogens is 6. The Labute approximate surface area is 182 Å². The summed E-state index contributed by atoms with van der Waals surface area (Å²) in [5.41, 5.74) is 6.55. The quantitative estimate of drug-likeness (QED) is 0.452. The van der Waals surface area contributed by atoms with Gasteiger partial charge < -0.3 is 10.1 Å². The molecule has 0 amide bonds. The van der Waals surface area contributed by atoms with E-state index in [-0.39, 0.29) is 6.04 Å². The van der Waals surface area contributed by atoms with Crippen LogP contribution in [0.25, 0.3) is 22.3 Å². The van der Waals surface area contributed by atoms with Crippen LogP contribution in [0.3, 0.4) is 0 Å². The fraction of sp³-hybridized carbons (Fsp3) is 0.391. The first-order chi connectivity index (χ1) is 15.0. The van der Waals surface area contributed by atoms with Crippen LogP contribution in [-0.4, -0.2) is 36.1 Å². The molecule has 162 valence electrons. The standard InChI is InChI=1S/C23H29N7O/c1-6-10-31-23-18(8-7-9-24-23)19-11-20(25-12-17-13-26-29(5)14-17)22-21(27-19)16(4)28-30(22)15(2)3/h7-9,11,13-15H,6,10,12H2,1-5H3,(H,25,27). The third kappa shape index (κ3) is 4.23. The monoisotopic (exact) mass is 419 g/mol. The zero-order valence-corrected chi connectivity index (χ0v) is 18.8. The summed E-state index contributed by atoms with van der Waals surface area (Å²) < 4.78 is 9.73. The molecule has 0 aliphatic carbocycles. The van der Waals surface area contributed by atoms with Gasteiger partial charge in [-0.25, -0.2) is 9.97 Å². The first-order valence-corrected chi connectivity index (χ1v) is 10.7. The van der Waals surface area contributed by atoms with Crippen molar-refractivity contribution < 1.29 is 4.74 Å². The van der Waals surface area contributed by atoms with E-state index in [1.807, 2.05) is 43.2 Å². The van der Waals surface area contributed by atoms with Crippen LogP contribution in [0.15, 0.2) is 36.8 Å². The van der Waals surface area contributed by atoms with Crippen LogP contribution in [0.1, 0.15) is 44.5 Å². The summed E-state index contributed by atoms with van der Waals surface area (Å²) in [5, 5.41) is 12.6. The van der Waals surface area contributed by atoms with Gasteiger partial charge in [0.15, 0.2) is 0 Å². The predicted molar refractivity (Wildman–Crippen MR) is 122 cm³/mol. The van der Waals surface area contributed by atoms with Crippen molar-refractivity contribution in [2.45, 2.75) is 46.7 Å². The highest BCUT2D eigenvalue weighted by molar-refractivity contribution is 5.93. The van der Waals surface area contributed by atoms with E-state index >= 15 is 0 Å². The average Bonchev–Trinajstić information content (AvgIpc) is 3.33. The van der Waals surface area contributed by atoms with Gasteiger partial charge in [-0.15, -0.1) is 0 Å². The van der Waals surface area contributed by atoms with Crippen molar-refractivity contribution >= 4 is 16.7 Å². The lowest BCUT2D eigenvalue weighted by Gasteiger charge is -2.15. The van der Waals surface area contributed by atoms with E-state index in [1.54, 1.807) is 10.9 Å². The maximum absolute atomic E-state index is 5.90. The normalized spacial score (nSPS) is 11.4. The molecule has 0 saturated heterocycles. The van der Waals surface area contributed by atoms with Crippen LogP contribution in [0.5, 0.6) is 5.88 Å². The van der Waals surface area contributed by atoms with E-state index in [0.717, 1.165) is 45.7 Å². The van der Waals surface area contributed by atoms with Crippen molar-refractivity contribution in [3.63, 3.8) is 0 Å². The van der Waals surface area contributed by atoms with Crippen molar-refractivity contribution in [1.29, 1.82) is 0 Å². The first kappa shape index (κ1) is 20.8. The van der Waals surface area contributed by atoms with Crippen LogP contribution in [0, 0.1) is 6.92 Å². The van der Waals surface area contributed by atoms with Gasteiger partial charge in [-0.2, -0.15) is 10.2 Å². The second-order valence-corrected chi connectivity index (χ2v) is 7.96. The molecule has 0 spiro atoms. The topological polar surface area (TPSA) is 82.7 Å². The van der Waals surface area contributed by atoms with Gasteiger partial charge in [0.2, 0.25) is 5.88 Å². The Balaban J connectivity index is 1.84. The van der Waals surface area contributed by atoms with Crippen LogP contribution >= 0.6 is 0 Å². The molecule has 1 N–H and O–H groups in total. The second kappa shape index (κ2) is 8.75. The molecule has 4 aromatic heterocycles. The molecule has 0 aliphatic rings. The van der Waals surface area contributed by atoms with Gasteiger partial charge in [0.05, 0.1) is 35.4 Å². The van der Waals surface area contributed by atoms with Crippen molar-refractivity contribution in [3.8, 4) is 17.1 Å². The van der Waals surface area contributed by atoms with E-state index in [0.29, 0.717) is 19.0 Å². The number of hydrogen-bond acceptors (Lipinski definition) is 6. The summed E-state index contributed by atoms with van der Waals surface area (Å²) in [6, 6.07) is 6.19. The average molecular weight is 420 g/mol. The molecule has 0 aliphatic heterocycles. The Bertz CT molecular complexity index is 1190. The number of fused-ring (bicyclic) bond motifs is 1. The summed E-state index contributed by atoms with van der Waals surface area (Å²) in [4.78, 5) is 9.42. The number of ether oxygens (including phenoxy) is 1. The molecule has 0 aromatic carbocycles. The molecule has 0 radical (unpaired) electrons. The second-order valence-electron chi connectivity index (χ2n) is 7.96. The fourth-order valence-electron chi connectivity index (χ4n) is 3.59. The molecule has 4 heterocycles. The van der Waals surface area contributed by atoms with Crippen LogP contribution in [-0.2, 0) is 13.6 Å². The number of aryl methyl sites for hydroxylation is 2. The van der Waals surface area contributed by atoms with Gasteiger partial charge in [-0.1, -0.05) is 6.92 Å². The minimum Gasteiger partial charge on any atom is -0.477 e. The Morgan fingerprint density at radius 1 is 1.26 bits per heavy atom. The van der Waals surface area contributed by atoms with Gasteiger partial charge in [0.25, 0.3) is 0 Å². The Morgan fingerprint density at radius 2 is 2.10 bits per heavy atom. The molecular formula is C23H29N7O. The molecule has 0 unspecified atom stereocenters. The lowest BCUT2D eigenvalue weighted by molar-refractivity contribution is 0.306. The third-order valence-electron chi connectivity index (χ3n) is 5.04. The van der Waals surface area contributed by atoms with Gasteiger partial charge in [0.1, 0.15) is 11.0 Å². The third-order valence-corrected chi connectivity index (χ3v) is 5.04. The van der Waals surface area contributed by atoms with Gasteiger partial charge >= 0.3 is 0 Å². The lowest BCUT2D eigenvalue weighted by Crippen LogP contribution is -2.07. The van der Waals surface area contributed by atoms with E-state index in [2.05, 4.69) is 42.2 Å². The Kier molecular flexibility index (Phi) is 5.88. The predicted octanol–water partition coefficient (Wildman–Crippen LogP) is 4.52. The minimum atomic E-state index is 0.213. The summed E-state index contributed by atoms with van der Waals surface area (Å²) in [6.07, 6.45) is 6.54. The number of anilines is 1. The zero-order valence-electron chi connectivity index (χ0n) is 18.8. The number of nitrogens with one attached hydrogen (secondary N) is 1. The maximum atomic E-state index is 5.90. The molecular weight excluding hydrogens is 390 g/mol. The largest absolute Gasteiger partial charge is 0.477 e. The van der Waals surface area contributed by atoms with E-state index in [4.69, 9.17) is 14.8 Å². The molecule has 0 saturated carbocycles. The van der Waals surface area contributed by atoms with Crippen LogP contribution in [0.2, 0.25) is 0 Å². The summed E-state index contributed by atoms with van der Waals surface area (Å²) in [7, 11) is 1.92. The number of nitrogens with zero attached hydrogens (tertiary/aromatic N) is 6. The first-order valence-electron chi connectivity index (χ1n) is 10.7. The summed E-state index contributed by atoms with van der Waals surface area (Å²) in [6.45, 7) is 9.60. The van der Waals surface area contributed by atoms with Gasteiger partial charge in [0, 0.05) is 37.6 Å². The number of hydrogen-bond donors (Lipinski definition) is 1. The number of pyridine rings is 2. The van der Waals surface area contributed by atoms with Crippen LogP contribution < -0.4 is 10.1 Å². The molecule has 4 aromatic rings. The van der Waals surface area contributed by atoms with Crippen molar-refractivity contribution in [2.75, 3.05) is 11.9 Å². The number of rotatable bonds is 8. The summed E-state index contributed by atoms with van der Waals surface area (Å²) >= 11 is 0. The molecule has 0 fully saturated rings. The molecule has 0 atom stereocenters. The van der Waals surface area contributed by atoms with Crippen LogP contribution in [0.4, 0.5) is 5.69 Å². The maximum Gasteiger partial charge on any atom is 0.222 e. The van der Waals surface area contributed by atoms with Crippen molar-refractivity contribution in [3.05, 3.63) is 48.0 Å². The Morgan fingerprint density at radius 3 is 2.81 bits per heavy atom. The SMILES string of the molecule is CCCOc1ncccc1-c1cc(NCc2cnn(C)c2)c2c(n1)c(C)nn2C(C)C. The van der Waals surface area contributed by atoms with Crippen molar-refractivity contribution in [1.82, 2.24) is 29.5 Å². The highest BCUT2D eigenvalue weighted by Gasteiger charge is 2.19. The summed E-state index contributed by atoms with van der Waals surface area (Å²) in [5.74, 6) is 0.600. The molecule has 8 nitrogen and oxygen atoms in total. The lowest BCUT2D eigenvalue weighted by atomic mass is 10.1. The van der Waals surface area contributed by atoms with E-state index < -0.39 is 0 Å². The Hall–Kier alpha value is -3.42. The smallest absolute Gasteiger partial charge is 0.222 e. The van der Waals surface area contributed by atoms with Gasteiger partial charge in [-0.3, -0.25) is 9.36 Å². The highest BCUT2D eigenvalue weighted by Crippen LogP contribution is 2.34. The molecule has 0 bridgehead atoms. The highest BCUT2D eigenvalue weighted by atomic mass is 16.5. The zero-order chi connectivity index (χ0) is 22.0. The fourth-order valence-corrected chi connectivity index (χ4v) is 3.59. The van der Waals surface area contributed by atoms with E-state index in [1.165, 1.54) is 0 Å². The minimum absolute atomic E-state index is 0.213. The van der Waals surface area contributed by atoms with E-state index in [9.17, 15) is 0 Å². The molecule has 4 rings (SSSR count). The van der Waals surface area contributed by atoms with Gasteiger partial charge in [-0.05, 0) is 45.4 Å². The molecule has 8 heteroatoms. The van der Waals surface area contributed by atoms with Crippen molar-refractivity contribution in [2.24, 2.45) is 7.05 Å². The molecule has 31 heavy (non-hydrogen) atoms.